The molecule has 1 amide bonds. The molecule has 1 aromatic rings. The molecule has 7 nitrogen and oxygen atoms in total. The number of carbonyl (C=O) groups excluding carboxylic acids is 1. The molecule has 2 atom stereocenters. The SMILES string of the molecule is O=C(O)[C@H]1C[C@H]1C(=O)Nc1ncn[nH]1. The summed E-state index contributed by atoms with van der Waals surface area (Å²) in [6, 6.07) is 0. The topological polar surface area (TPSA) is 108 Å². The summed E-state index contributed by atoms with van der Waals surface area (Å²) in [7, 11) is 0. The minimum Gasteiger partial charge on any atom is -0.481 e. The number of carboxylic acids is 1. The number of carbonyl (C=O) groups is 2. The van der Waals surface area contributed by atoms with E-state index in [9.17, 15) is 9.59 Å². The number of anilines is 1. The summed E-state index contributed by atoms with van der Waals surface area (Å²) in [6.45, 7) is 0. The Labute approximate surface area is 78.5 Å². The summed E-state index contributed by atoms with van der Waals surface area (Å²) in [5.74, 6) is -1.99. The molecule has 1 heterocycles. The van der Waals surface area contributed by atoms with E-state index in [4.69, 9.17) is 5.11 Å². The Morgan fingerprint density at radius 3 is 2.86 bits per heavy atom. The monoisotopic (exact) mass is 196 g/mol. The van der Waals surface area contributed by atoms with E-state index in [1.165, 1.54) is 6.33 Å². The first-order chi connectivity index (χ1) is 6.68. The molecule has 1 aliphatic carbocycles. The highest BCUT2D eigenvalue weighted by molar-refractivity contribution is 5.97. The van der Waals surface area contributed by atoms with Gasteiger partial charge in [-0.3, -0.25) is 14.9 Å². The first-order valence-electron chi connectivity index (χ1n) is 4.07. The highest BCUT2D eigenvalue weighted by atomic mass is 16.4. The molecule has 0 unspecified atom stereocenters. The van der Waals surface area contributed by atoms with Crippen LogP contribution in [0, 0.1) is 11.8 Å². The van der Waals surface area contributed by atoms with Crippen LogP contribution in [0.5, 0.6) is 0 Å². The van der Waals surface area contributed by atoms with Gasteiger partial charge in [-0.25, -0.2) is 5.10 Å². The maximum atomic E-state index is 11.3. The zero-order valence-corrected chi connectivity index (χ0v) is 7.10. The third-order valence-electron chi connectivity index (χ3n) is 2.10. The van der Waals surface area contributed by atoms with Crippen molar-refractivity contribution in [3.05, 3.63) is 6.33 Å². The minimum atomic E-state index is -0.928. The van der Waals surface area contributed by atoms with Crippen LogP contribution >= 0.6 is 0 Å². The number of carboxylic acid groups (broad SMARTS) is 1. The predicted molar refractivity (Wildman–Crippen MR) is 44.2 cm³/mol. The quantitative estimate of drug-likeness (QED) is 0.601. The molecule has 1 aliphatic rings. The lowest BCUT2D eigenvalue weighted by molar-refractivity contribution is -0.139. The Hall–Kier alpha value is -1.92. The molecule has 1 aromatic heterocycles. The predicted octanol–water partition coefficient (Wildman–Crippen LogP) is -0.536. The van der Waals surface area contributed by atoms with Gasteiger partial charge in [0.2, 0.25) is 11.9 Å². The lowest BCUT2D eigenvalue weighted by atomic mass is 10.3. The van der Waals surface area contributed by atoms with Gasteiger partial charge in [0.15, 0.2) is 0 Å². The third-order valence-corrected chi connectivity index (χ3v) is 2.10. The van der Waals surface area contributed by atoms with Gasteiger partial charge in [-0.05, 0) is 6.42 Å². The van der Waals surface area contributed by atoms with Gasteiger partial charge in [0.1, 0.15) is 6.33 Å². The molecule has 14 heavy (non-hydrogen) atoms. The number of aliphatic carboxylic acids is 1. The number of hydrogen-bond acceptors (Lipinski definition) is 4. The smallest absolute Gasteiger partial charge is 0.307 e. The number of aromatic nitrogens is 3. The maximum Gasteiger partial charge on any atom is 0.307 e. The van der Waals surface area contributed by atoms with Gasteiger partial charge in [-0.2, -0.15) is 10.1 Å². The third kappa shape index (κ3) is 1.56. The van der Waals surface area contributed by atoms with E-state index in [0.717, 1.165) is 0 Å². The molecule has 74 valence electrons. The fourth-order valence-electron chi connectivity index (χ4n) is 1.23. The number of H-pyrrole nitrogens is 1. The number of rotatable bonds is 3. The van der Waals surface area contributed by atoms with E-state index in [1.807, 2.05) is 0 Å². The van der Waals surface area contributed by atoms with Crippen molar-refractivity contribution in [1.82, 2.24) is 15.2 Å². The second-order valence-electron chi connectivity index (χ2n) is 3.11. The molecule has 1 fully saturated rings. The van der Waals surface area contributed by atoms with Crippen LogP contribution in [0.4, 0.5) is 5.95 Å². The molecular formula is C7H8N4O3. The van der Waals surface area contributed by atoms with Crippen LogP contribution in [-0.2, 0) is 9.59 Å². The molecule has 2 rings (SSSR count). The van der Waals surface area contributed by atoms with Crippen molar-refractivity contribution in [1.29, 1.82) is 0 Å². The Kier molecular flexibility index (Phi) is 1.91. The fourth-order valence-corrected chi connectivity index (χ4v) is 1.23. The number of aromatic amines is 1. The Balaban J connectivity index is 1.90. The molecule has 0 saturated heterocycles. The number of nitrogens with zero attached hydrogens (tertiary/aromatic N) is 2. The molecule has 0 radical (unpaired) electrons. The zero-order chi connectivity index (χ0) is 10.1. The van der Waals surface area contributed by atoms with E-state index in [0.29, 0.717) is 6.42 Å². The van der Waals surface area contributed by atoms with Gasteiger partial charge < -0.3 is 5.11 Å². The van der Waals surface area contributed by atoms with Gasteiger partial charge in [0, 0.05) is 0 Å². The van der Waals surface area contributed by atoms with E-state index < -0.39 is 17.8 Å². The summed E-state index contributed by atoms with van der Waals surface area (Å²) in [6.07, 6.45) is 1.66. The van der Waals surface area contributed by atoms with Crippen LogP contribution in [0.2, 0.25) is 0 Å². The molecule has 1 saturated carbocycles. The second-order valence-corrected chi connectivity index (χ2v) is 3.11. The lowest BCUT2D eigenvalue weighted by Crippen LogP contribution is -2.17. The summed E-state index contributed by atoms with van der Waals surface area (Å²) >= 11 is 0. The van der Waals surface area contributed by atoms with Crippen molar-refractivity contribution >= 4 is 17.8 Å². The van der Waals surface area contributed by atoms with Gasteiger partial charge in [0.05, 0.1) is 11.8 Å². The molecular weight excluding hydrogens is 188 g/mol. The van der Waals surface area contributed by atoms with E-state index in [2.05, 4.69) is 20.5 Å². The Morgan fingerprint density at radius 1 is 1.57 bits per heavy atom. The first kappa shape index (κ1) is 8.67. The van der Waals surface area contributed by atoms with Crippen LogP contribution in [-0.4, -0.2) is 32.2 Å². The van der Waals surface area contributed by atoms with Gasteiger partial charge in [-0.1, -0.05) is 0 Å². The second kappa shape index (κ2) is 3.09. The maximum absolute atomic E-state index is 11.3. The van der Waals surface area contributed by atoms with Crippen LogP contribution in [0.1, 0.15) is 6.42 Å². The number of nitrogens with one attached hydrogen (secondary N) is 2. The largest absolute Gasteiger partial charge is 0.481 e. The molecule has 7 heteroatoms. The van der Waals surface area contributed by atoms with Crippen molar-refractivity contribution in [3.8, 4) is 0 Å². The Morgan fingerprint density at radius 2 is 2.36 bits per heavy atom. The number of amides is 1. The fraction of sp³-hybridized carbons (Fsp3) is 0.429. The van der Waals surface area contributed by atoms with Gasteiger partial charge in [-0.15, -0.1) is 0 Å². The molecule has 0 bridgehead atoms. The zero-order valence-electron chi connectivity index (χ0n) is 7.10. The average Bonchev–Trinajstić information content (AvgIpc) is 2.80. The highest BCUT2D eigenvalue weighted by Crippen LogP contribution is 2.39. The summed E-state index contributed by atoms with van der Waals surface area (Å²) < 4.78 is 0. The molecule has 0 spiro atoms. The molecule has 0 aromatic carbocycles. The Bertz CT molecular complexity index is 361. The van der Waals surface area contributed by atoms with E-state index in [-0.39, 0.29) is 11.9 Å². The number of hydrogen-bond donors (Lipinski definition) is 3. The van der Waals surface area contributed by atoms with Crippen molar-refractivity contribution < 1.29 is 14.7 Å². The average molecular weight is 196 g/mol. The summed E-state index contributed by atoms with van der Waals surface area (Å²) in [4.78, 5) is 25.5. The standard InChI is InChI=1S/C7H8N4O3/c12-5(3-1-4(3)6(13)14)10-7-8-2-9-11-7/h2-4H,1H2,(H,13,14)(H2,8,9,10,11,12)/t3-,4+/m1/s1. The van der Waals surface area contributed by atoms with Crippen molar-refractivity contribution in [2.24, 2.45) is 11.8 Å². The van der Waals surface area contributed by atoms with Crippen LogP contribution in [0.15, 0.2) is 6.33 Å². The minimum absolute atomic E-state index is 0.242. The van der Waals surface area contributed by atoms with E-state index in [1.54, 1.807) is 0 Å². The van der Waals surface area contributed by atoms with Crippen LogP contribution in [0.25, 0.3) is 0 Å². The van der Waals surface area contributed by atoms with Gasteiger partial charge >= 0.3 is 5.97 Å². The van der Waals surface area contributed by atoms with Crippen LogP contribution in [0.3, 0.4) is 0 Å². The highest BCUT2D eigenvalue weighted by Gasteiger charge is 2.48. The van der Waals surface area contributed by atoms with Crippen molar-refractivity contribution in [2.75, 3.05) is 5.32 Å². The summed E-state index contributed by atoms with van der Waals surface area (Å²) in [5.41, 5.74) is 0. The molecule has 3 N–H and O–H groups in total. The van der Waals surface area contributed by atoms with E-state index >= 15 is 0 Å². The molecule has 0 aliphatic heterocycles. The lowest BCUT2D eigenvalue weighted by Gasteiger charge is -1.97. The summed E-state index contributed by atoms with van der Waals surface area (Å²) in [5, 5.41) is 17.0. The van der Waals surface area contributed by atoms with Gasteiger partial charge in [0.25, 0.3) is 0 Å². The van der Waals surface area contributed by atoms with Crippen molar-refractivity contribution in [2.45, 2.75) is 6.42 Å². The first-order valence-corrected chi connectivity index (χ1v) is 4.07. The van der Waals surface area contributed by atoms with Crippen molar-refractivity contribution in [3.63, 3.8) is 0 Å². The normalized spacial score (nSPS) is 24.3. The van der Waals surface area contributed by atoms with Crippen LogP contribution < -0.4 is 5.32 Å².